The third-order valence-corrected chi connectivity index (χ3v) is 12.3. The van der Waals surface area contributed by atoms with Gasteiger partial charge in [0.05, 0.1) is 33.5 Å². The number of furan rings is 1. The smallest absolute Gasteiger partial charge is 0.160 e. The topological polar surface area (TPSA) is 67.6 Å². The molecule has 0 spiro atoms. The molecule has 9 aromatic carbocycles. The minimum atomic E-state index is 0.429. The van der Waals surface area contributed by atoms with Crippen LogP contribution in [-0.4, -0.2) is 14.5 Å². The second kappa shape index (κ2) is 15.3. The molecule has 5 heteroatoms. The number of hydrogen-bond acceptors (Lipinski definition) is 4. The van der Waals surface area contributed by atoms with E-state index in [4.69, 9.17) is 14.4 Å². The molecule has 298 valence electrons. The van der Waals surface area contributed by atoms with Crippen molar-refractivity contribution in [1.82, 2.24) is 14.5 Å². The molecule has 64 heavy (non-hydrogen) atoms. The molecule has 0 aliphatic rings. The minimum Gasteiger partial charge on any atom is -0.455 e. The first-order valence-corrected chi connectivity index (χ1v) is 21.4. The highest BCUT2D eigenvalue weighted by Gasteiger charge is 2.26. The summed E-state index contributed by atoms with van der Waals surface area (Å²) in [6, 6.07) is 77.8. The number of para-hydroxylation sites is 2. The first-order valence-electron chi connectivity index (χ1n) is 21.4. The Balaban J connectivity index is 1.21. The maximum atomic E-state index is 10.8. The average Bonchev–Trinajstić information content (AvgIpc) is 3.93. The van der Waals surface area contributed by atoms with Gasteiger partial charge in [0, 0.05) is 44.0 Å². The monoisotopic (exact) mass is 816 g/mol. The Labute approximate surface area is 369 Å². The van der Waals surface area contributed by atoms with Crippen molar-refractivity contribution in [3.8, 4) is 79.0 Å². The average molecular weight is 817 g/mol. The molecular weight excluding hydrogens is 781 g/mol. The van der Waals surface area contributed by atoms with Crippen LogP contribution in [0.1, 0.15) is 5.56 Å². The Morgan fingerprint density at radius 1 is 0.406 bits per heavy atom. The number of aromatic nitrogens is 3. The van der Waals surface area contributed by atoms with Gasteiger partial charge in [-0.05, 0) is 52.6 Å². The van der Waals surface area contributed by atoms with Crippen molar-refractivity contribution in [3.63, 3.8) is 0 Å². The number of nitrogens with zero attached hydrogens (tertiary/aromatic N) is 4. The zero-order valence-corrected chi connectivity index (χ0v) is 34.5. The molecule has 0 radical (unpaired) electrons. The second-order valence-corrected chi connectivity index (χ2v) is 16.0. The fraction of sp³-hybridized carbons (Fsp3) is 0. The molecule has 0 saturated carbocycles. The Hall–Kier alpha value is -8.85. The molecule has 0 unspecified atom stereocenters. The van der Waals surface area contributed by atoms with Gasteiger partial charge in [-0.2, -0.15) is 5.26 Å². The van der Waals surface area contributed by atoms with E-state index in [1.165, 1.54) is 0 Å². The lowest BCUT2D eigenvalue weighted by Crippen LogP contribution is -2.04. The van der Waals surface area contributed by atoms with Crippen LogP contribution in [0.3, 0.4) is 0 Å². The maximum absolute atomic E-state index is 10.8. The lowest BCUT2D eigenvalue weighted by molar-refractivity contribution is 0.674. The summed E-state index contributed by atoms with van der Waals surface area (Å²) >= 11 is 0. The summed E-state index contributed by atoms with van der Waals surface area (Å²) in [5, 5.41) is 15.0. The van der Waals surface area contributed by atoms with Crippen LogP contribution in [0.5, 0.6) is 0 Å². The molecule has 3 heterocycles. The molecule has 0 bridgehead atoms. The normalized spacial score (nSPS) is 11.4. The van der Waals surface area contributed by atoms with Crippen molar-refractivity contribution >= 4 is 43.7 Å². The molecule has 0 atom stereocenters. The molecule has 0 saturated heterocycles. The summed E-state index contributed by atoms with van der Waals surface area (Å²) in [6.45, 7) is 0. The van der Waals surface area contributed by atoms with E-state index in [2.05, 4.69) is 156 Å². The van der Waals surface area contributed by atoms with Crippen LogP contribution >= 0.6 is 0 Å². The molecule has 12 aromatic rings. The van der Waals surface area contributed by atoms with E-state index in [1.54, 1.807) is 0 Å². The van der Waals surface area contributed by atoms with Crippen molar-refractivity contribution in [2.45, 2.75) is 0 Å². The fourth-order valence-corrected chi connectivity index (χ4v) is 9.40. The Kier molecular flexibility index (Phi) is 8.81. The van der Waals surface area contributed by atoms with Crippen molar-refractivity contribution in [2.24, 2.45) is 0 Å². The quantitative estimate of drug-likeness (QED) is 0.161. The Morgan fingerprint density at radius 3 is 1.53 bits per heavy atom. The lowest BCUT2D eigenvalue weighted by Gasteiger charge is -2.21. The third kappa shape index (κ3) is 6.00. The molecule has 3 aromatic heterocycles. The highest BCUT2D eigenvalue weighted by atomic mass is 16.3. The van der Waals surface area contributed by atoms with E-state index in [0.717, 1.165) is 99.5 Å². The predicted molar refractivity (Wildman–Crippen MR) is 261 cm³/mol. The van der Waals surface area contributed by atoms with Crippen LogP contribution in [0.4, 0.5) is 0 Å². The summed E-state index contributed by atoms with van der Waals surface area (Å²) in [7, 11) is 0. The van der Waals surface area contributed by atoms with Gasteiger partial charge in [-0.15, -0.1) is 0 Å². The molecule has 0 N–H and O–H groups in total. The molecule has 0 aliphatic heterocycles. The Morgan fingerprint density at radius 2 is 0.922 bits per heavy atom. The van der Waals surface area contributed by atoms with Gasteiger partial charge in [-0.3, -0.25) is 0 Å². The zero-order chi connectivity index (χ0) is 42.6. The van der Waals surface area contributed by atoms with Crippen LogP contribution in [0.25, 0.3) is 117 Å². The van der Waals surface area contributed by atoms with Gasteiger partial charge in [0.25, 0.3) is 0 Å². The standard InChI is InChI=1S/C59H36N4O/c60-37-49-55(41-25-12-4-13-26-41)61-59(62-56(49)42-27-14-5-15-28-42)43-35-48(39-21-8-2-9-22-39)53(40-23-10-3-11-24-40)52(36-43)63-50-32-17-16-29-47(50)54-51(63)34-33-46-45-31-18-30-44(57(45)64-58(46)54)38-19-6-1-7-20-38/h1-36H. The lowest BCUT2D eigenvalue weighted by atomic mass is 9.90. The van der Waals surface area contributed by atoms with E-state index >= 15 is 0 Å². The van der Waals surface area contributed by atoms with E-state index < -0.39 is 0 Å². The highest BCUT2D eigenvalue weighted by Crippen LogP contribution is 2.47. The van der Waals surface area contributed by atoms with Gasteiger partial charge >= 0.3 is 0 Å². The Bertz CT molecular complexity index is 3700. The number of hydrogen-bond donors (Lipinski definition) is 0. The summed E-state index contributed by atoms with van der Waals surface area (Å²) < 4.78 is 9.46. The van der Waals surface area contributed by atoms with E-state index in [-0.39, 0.29) is 0 Å². The van der Waals surface area contributed by atoms with E-state index in [9.17, 15) is 5.26 Å². The van der Waals surface area contributed by atoms with Gasteiger partial charge in [0.15, 0.2) is 5.82 Å². The summed E-state index contributed by atoms with van der Waals surface area (Å²) in [5.74, 6) is 0.517. The summed E-state index contributed by atoms with van der Waals surface area (Å²) in [4.78, 5) is 10.6. The number of nitriles is 1. The molecule has 0 amide bonds. The second-order valence-electron chi connectivity index (χ2n) is 16.0. The minimum absolute atomic E-state index is 0.429. The number of rotatable bonds is 7. The SMILES string of the molecule is N#Cc1c(-c2ccccc2)nc(-c2cc(-c3ccccc3)c(-c3ccccc3)c(-n3c4ccccc4c4c5oc6c(-c7ccccc7)cccc6c5ccc43)c2)nc1-c1ccccc1. The fourth-order valence-electron chi connectivity index (χ4n) is 9.40. The summed E-state index contributed by atoms with van der Waals surface area (Å²) in [6.07, 6.45) is 0. The van der Waals surface area contributed by atoms with Gasteiger partial charge in [0.1, 0.15) is 22.8 Å². The van der Waals surface area contributed by atoms with Crippen LogP contribution in [0, 0.1) is 11.3 Å². The van der Waals surface area contributed by atoms with Gasteiger partial charge in [-0.1, -0.05) is 188 Å². The molecular formula is C59H36N4O. The molecule has 0 aliphatic carbocycles. The number of benzene rings is 9. The zero-order valence-electron chi connectivity index (χ0n) is 34.5. The first kappa shape index (κ1) is 37.0. The largest absolute Gasteiger partial charge is 0.455 e. The maximum Gasteiger partial charge on any atom is 0.160 e. The van der Waals surface area contributed by atoms with E-state index in [1.807, 2.05) is 72.8 Å². The molecule has 5 nitrogen and oxygen atoms in total. The predicted octanol–water partition coefficient (Wildman–Crippen LogP) is 15.3. The van der Waals surface area contributed by atoms with Crippen molar-refractivity contribution in [3.05, 3.63) is 224 Å². The summed E-state index contributed by atoms with van der Waals surface area (Å²) in [5.41, 5.74) is 15.2. The van der Waals surface area contributed by atoms with Crippen molar-refractivity contribution < 1.29 is 4.42 Å². The third-order valence-electron chi connectivity index (χ3n) is 12.3. The van der Waals surface area contributed by atoms with Gasteiger partial charge in [0.2, 0.25) is 0 Å². The van der Waals surface area contributed by atoms with Crippen LogP contribution in [-0.2, 0) is 0 Å². The van der Waals surface area contributed by atoms with E-state index in [0.29, 0.717) is 22.8 Å². The van der Waals surface area contributed by atoms with Crippen LogP contribution in [0.2, 0.25) is 0 Å². The van der Waals surface area contributed by atoms with Crippen LogP contribution < -0.4 is 0 Å². The first-order chi connectivity index (χ1) is 31.7. The van der Waals surface area contributed by atoms with Crippen molar-refractivity contribution in [1.29, 1.82) is 5.26 Å². The van der Waals surface area contributed by atoms with Crippen molar-refractivity contribution in [2.75, 3.05) is 0 Å². The highest BCUT2D eigenvalue weighted by molar-refractivity contribution is 6.25. The number of fused-ring (bicyclic) bond motifs is 7. The van der Waals surface area contributed by atoms with Crippen LogP contribution in [0.15, 0.2) is 223 Å². The van der Waals surface area contributed by atoms with Gasteiger partial charge in [-0.25, -0.2) is 9.97 Å². The van der Waals surface area contributed by atoms with Gasteiger partial charge < -0.3 is 8.98 Å². The molecule has 12 rings (SSSR count). The molecule has 0 fully saturated rings.